The van der Waals surface area contributed by atoms with Crippen molar-refractivity contribution < 1.29 is 9.53 Å². The summed E-state index contributed by atoms with van der Waals surface area (Å²) in [5.41, 5.74) is 2.65. The van der Waals surface area contributed by atoms with Gasteiger partial charge in [0, 0.05) is 24.7 Å². The summed E-state index contributed by atoms with van der Waals surface area (Å²) in [6, 6.07) is 15.0. The molecule has 0 aliphatic carbocycles. The topological polar surface area (TPSA) is 53.3 Å². The molecule has 2 aromatic carbocycles. The Bertz CT molecular complexity index is 911. The van der Waals surface area contributed by atoms with Gasteiger partial charge in [-0.05, 0) is 41.8 Å². The quantitative estimate of drug-likeness (QED) is 0.399. The average Bonchev–Trinajstić information content (AvgIpc) is 2.66. The van der Waals surface area contributed by atoms with Crippen LogP contribution in [0.25, 0.3) is 6.08 Å². The summed E-state index contributed by atoms with van der Waals surface area (Å²) >= 11 is 6.17. The van der Waals surface area contributed by atoms with Crippen molar-refractivity contribution in [3.63, 3.8) is 0 Å². The first-order valence-corrected chi connectivity index (χ1v) is 8.77. The number of likely N-dealkylation sites (N-methyl/N-ethyl adjacent to an activating group) is 1. The molecule has 0 spiro atoms. The highest BCUT2D eigenvalue weighted by atomic mass is 35.5. The first kappa shape index (κ1) is 20.3. The van der Waals surface area contributed by atoms with Gasteiger partial charge in [-0.3, -0.25) is 4.79 Å². The van der Waals surface area contributed by atoms with Crippen LogP contribution in [0.3, 0.4) is 0 Å². The van der Waals surface area contributed by atoms with E-state index in [1.54, 1.807) is 26.2 Å². The standard InChI is InChI=1S/C22H21ClN2O2/c1-4-7-17-12-16(13-19(14-24)22(26)25(2)3)10-11-21(17)27-15-18-8-5-6-9-20(18)23/h4-6,8-13H,1,7,15H2,2-3H3/b19-13-. The molecule has 138 valence electrons. The van der Waals surface area contributed by atoms with Gasteiger partial charge in [-0.25, -0.2) is 0 Å². The van der Waals surface area contributed by atoms with E-state index in [1.807, 2.05) is 48.5 Å². The zero-order chi connectivity index (χ0) is 19.8. The van der Waals surface area contributed by atoms with Gasteiger partial charge in [0.1, 0.15) is 24.0 Å². The second kappa shape index (κ2) is 9.61. The van der Waals surface area contributed by atoms with Crippen molar-refractivity contribution >= 4 is 23.6 Å². The van der Waals surface area contributed by atoms with Gasteiger partial charge in [0.25, 0.3) is 5.91 Å². The number of amides is 1. The van der Waals surface area contributed by atoms with E-state index in [0.29, 0.717) is 23.8 Å². The van der Waals surface area contributed by atoms with Crippen LogP contribution >= 0.6 is 11.6 Å². The van der Waals surface area contributed by atoms with E-state index in [1.165, 1.54) is 4.90 Å². The van der Waals surface area contributed by atoms with Crippen LogP contribution < -0.4 is 4.74 Å². The number of carbonyl (C=O) groups is 1. The van der Waals surface area contributed by atoms with Gasteiger partial charge < -0.3 is 9.64 Å². The number of hydrogen-bond acceptors (Lipinski definition) is 3. The van der Waals surface area contributed by atoms with Crippen LogP contribution in [0, 0.1) is 11.3 Å². The summed E-state index contributed by atoms with van der Waals surface area (Å²) < 4.78 is 5.94. The Balaban J connectivity index is 2.28. The minimum Gasteiger partial charge on any atom is -0.489 e. The van der Waals surface area contributed by atoms with Crippen LogP contribution in [-0.4, -0.2) is 24.9 Å². The molecule has 0 N–H and O–H groups in total. The Kier molecular flexibility index (Phi) is 7.22. The van der Waals surface area contributed by atoms with E-state index < -0.39 is 0 Å². The number of ether oxygens (including phenoxy) is 1. The molecule has 2 aromatic rings. The number of nitrogens with zero attached hydrogens (tertiary/aromatic N) is 2. The second-order valence-electron chi connectivity index (χ2n) is 6.11. The van der Waals surface area contributed by atoms with E-state index in [0.717, 1.165) is 16.7 Å². The molecule has 27 heavy (non-hydrogen) atoms. The van der Waals surface area contributed by atoms with Crippen LogP contribution in [0.5, 0.6) is 5.75 Å². The van der Waals surface area contributed by atoms with Crippen molar-refractivity contribution in [1.29, 1.82) is 5.26 Å². The third kappa shape index (κ3) is 5.47. The predicted molar refractivity (Wildman–Crippen MR) is 108 cm³/mol. The number of benzene rings is 2. The zero-order valence-electron chi connectivity index (χ0n) is 15.4. The molecule has 0 bridgehead atoms. The lowest BCUT2D eigenvalue weighted by molar-refractivity contribution is -0.124. The summed E-state index contributed by atoms with van der Waals surface area (Å²) in [4.78, 5) is 13.4. The molecular weight excluding hydrogens is 360 g/mol. The Morgan fingerprint density at radius 1 is 1.26 bits per heavy atom. The van der Waals surface area contributed by atoms with Crippen LogP contribution in [0.15, 0.2) is 60.7 Å². The van der Waals surface area contributed by atoms with Crippen molar-refractivity contribution in [1.82, 2.24) is 4.90 Å². The van der Waals surface area contributed by atoms with Crippen LogP contribution in [0.2, 0.25) is 5.02 Å². The van der Waals surface area contributed by atoms with E-state index in [9.17, 15) is 10.1 Å². The number of allylic oxidation sites excluding steroid dienone is 1. The molecule has 5 heteroatoms. The molecule has 0 aliphatic rings. The normalized spacial score (nSPS) is 10.8. The molecule has 0 aliphatic heterocycles. The minimum atomic E-state index is -0.332. The van der Waals surface area contributed by atoms with Crippen LogP contribution in [0.4, 0.5) is 0 Å². The van der Waals surface area contributed by atoms with Gasteiger partial charge >= 0.3 is 0 Å². The van der Waals surface area contributed by atoms with Gasteiger partial charge in [-0.1, -0.05) is 41.9 Å². The first-order valence-electron chi connectivity index (χ1n) is 8.39. The third-order valence-electron chi connectivity index (χ3n) is 3.86. The maximum absolute atomic E-state index is 12.0. The maximum Gasteiger partial charge on any atom is 0.264 e. The SMILES string of the molecule is C=CCc1cc(/C=C(/C#N)C(=O)N(C)C)ccc1OCc1ccccc1Cl. The highest BCUT2D eigenvalue weighted by Crippen LogP contribution is 2.25. The molecule has 0 unspecified atom stereocenters. The third-order valence-corrected chi connectivity index (χ3v) is 4.23. The summed E-state index contributed by atoms with van der Waals surface area (Å²) in [6.07, 6.45) is 3.96. The fraction of sp³-hybridized carbons (Fsp3) is 0.182. The van der Waals surface area contributed by atoms with Crippen molar-refractivity contribution in [2.45, 2.75) is 13.0 Å². The Hall–Kier alpha value is -3.03. The van der Waals surface area contributed by atoms with Crippen LogP contribution in [-0.2, 0) is 17.8 Å². The Morgan fingerprint density at radius 3 is 2.63 bits per heavy atom. The van der Waals surface area contributed by atoms with Crippen molar-refractivity contribution in [3.05, 3.63) is 82.4 Å². The molecule has 0 saturated carbocycles. The van der Waals surface area contributed by atoms with E-state index in [-0.39, 0.29) is 11.5 Å². The number of rotatable bonds is 7. The maximum atomic E-state index is 12.0. The predicted octanol–water partition coefficient (Wildman–Crippen LogP) is 4.64. The Morgan fingerprint density at radius 2 is 2.00 bits per heavy atom. The fourth-order valence-electron chi connectivity index (χ4n) is 2.47. The number of carbonyl (C=O) groups excluding carboxylic acids is 1. The largest absolute Gasteiger partial charge is 0.489 e. The number of nitriles is 1. The van der Waals surface area contributed by atoms with Crippen molar-refractivity contribution in [3.8, 4) is 11.8 Å². The molecule has 0 aromatic heterocycles. The van der Waals surface area contributed by atoms with Gasteiger partial charge in [0.15, 0.2) is 0 Å². The lowest BCUT2D eigenvalue weighted by atomic mass is 10.0. The highest BCUT2D eigenvalue weighted by molar-refractivity contribution is 6.31. The lowest BCUT2D eigenvalue weighted by Crippen LogP contribution is -2.22. The first-order chi connectivity index (χ1) is 13.0. The molecule has 0 fully saturated rings. The smallest absolute Gasteiger partial charge is 0.264 e. The zero-order valence-corrected chi connectivity index (χ0v) is 16.2. The highest BCUT2D eigenvalue weighted by Gasteiger charge is 2.12. The van der Waals surface area contributed by atoms with Crippen LogP contribution in [0.1, 0.15) is 16.7 Å². The van der Waals surface area contributed by atoms with Gasteiger partial charge in [0.05, 0.1) is 0 Å². The summed E-state index contributed by atoms with van der Waals surface area (Å²) in [7, 11) is 3.23. The number of halogens is 1. The van der Waals surface area contributed by atoms with Crippen molar-refractivity contribution in [2.75, 3.05) is 14.1 Å². The molecule has 0 atom stereocenters. The summed E-state index contributed by atoms with van der Waals surface area (Å²) in [5, 5.41) is 9.91. The molecule has 1 amide bonds. The van der Waals surface area contributed by atoms with E-state index >= 15 is 0 Å². The van der Waals surface area contributed by atoms with Crippen molar-refractivity contribution in [2.24, 2.45) is 0 Å². The van der Waals surface area contributed by atoms with E-state index in [4.69, 9.17) is 16.3 Å². The average molecular weight is 381 g/mol. The van der Waals surface area contributed by atoms with Gasteiger partial charge in [0.2, 0.25) is 0 Å². The molecule has 0 saturated heterocycles. The monoisotopic (exact) mass is 380 g/mol. The van der Waals surface area contributed by atoms with E-state index in [2.05, 4.69) is 6.58 Å². The fourth-order valence-corrected chi connectivity index (χ4v) is 2.66. The van der Waals surface area contributed by atoms with Gasteiger partial charge in [-0.15, -0.1) is 6.58 Å². The molecule has 4 nitrogen and oxygen atoms in total. The molecule has 0 radical (unpaired) electrons. The summed E-state index contributed by atoms with van der Waals surface area (Å²) in [6.45, 7) is 4.13. The molecule has 0 heterocycles. The second-order valence-corrected chi connectivity index (χ2v) is 6.52. The summed E-state index contributed by atoms with van der Waals surface area (Å²) in [5.74, 6) is 0.381. The van der Waals surface area contributed by atoms with Gasteiger partial charge in [-0.2, -0.15) is 5.26 Å². The molecule has 2 rings (SSSR count). The Labute approximate surface area is 164 Å². The lowest BCUT2D eigenvalue weighted by Gasteiger charge is -2.13. The molecular formula is C22H21ClN2O2. The number of hydrogen-bond donors (Lipinski definition) is 0. The minimum absolute atomic E-state index is 0.0780.